The summed E-state index contributed by atoms with van der Waals surface area (Å²) in [4.78, 5) is 2.61. The van der Waals surface area contributed by atoms with Crippen molar-refractivity contribution in [3.63, 3.8) is 0 Å². The van der Waals surface area contributed by atoms with Crippen molar-refractivity contribution < 1.29 is 0 Å². The van der Waals surface area contributed by atoms with Gasteiger partial charge < -0.3 is 5.73 Å². The van der Waals surface area contributed by atoms with Gasteiger partial charge in [-0.05, 0) is 31.6 Å². The van der Waals surface area contributed by atoms with Gasteiger partial charge in [0.15, 0.2) is 0 Å². The van der Waals surface area contributed by atoms with E-state index in [4.69, 9.17) is 5.73 Å². The molecule has 0 aliphatic carbocycles. The largest absolute Gasteiger partial charge is 0.327 e. The molecule has 2 atom stereocenters. The van der Waals surface area contributed by atoms with Crippen molar-refractivity contribution in [1.29, 1.82) is 0 Å². The van der Waals surface area contributed by atoms with E-state index in [0.29, 0.717) is 6.04 Å². The van der Waals surface area contributed by atoms with Gasteiger partial charge >= 0.3 is 0 Å². The fraction of sp³-hybridized carbons (Fsp3) is 1.00. The molecule has 2 N–H and O–H groups in total. The zero-order chi connectivity index (χ0) is 8.39. The monoisotopic (exact) mass is 186 g/mol. The molecule has 0 spiro atoms. The third-order valence-electron chi connectivity index (χ3n) is 2.91. The number of hydrogen-bond acceptors (Lipinski definition) is 3. The van der Waals surface area contributed by atoms with E-state index >= 15 is 0 Å². The van der Waals surface area contributed by atoms with Gasteiger partial charge in [0.25, 0.3) is 0 Å². The number of likely N-dealkylation sites (tertiary alicyclic amines) is 1. The molecule has 2 aliphatic rings. The minimum absolute atomic E-state index is 0.448. The number of rotatable bonds is 1. The maximum absolute atomic E-state index is 5.94. The van der Waals surface area contributed by atoms with Crippen LogP contribution >= 0.6 is 11.8 Å². The van der Waals surface area contributed by atoms with Gasteiger partial charge in [-0.15, -0.1) is 0 Å². The molecule has 0 radical (unpaired) electrons. The highest BCUT2D eigenvalue weighted by atomic mass is 32.2. The van der Waals surface area contributed by atoms with Crippen molar-refractivity contribution in [3.05, 3.63) is 0 Å². The molecule has 2 heterocycles. The van der Waals surface area contributed by atoms with E-state index in [1.807, 2.05) is 0 Å². The molecule has 0 aromatic carbocycles. The van der Waals surface area contributed by atoms with Gasteiger partial charge in [0.05, 0.1) is 0 Å². The van der Waals surface area contributed by atoms with E-state index < -0.39 is 0 Å². The molecule has 2 aliphatic heterocycles. The fourth-order valence-corrected chi connectivity index (χ4v) is 3.44. The SMILES string of the molecule is N[C@@H]1CCCN([C@H]2CCSC2)C1. The lowest BCUT2D eigenvalue weighted by atomic mass is 10.0. The molecular formula is C9H18N2S. The van der Waals surface area contributed by atoms with Crippen LogP contribution in [0.4, 0.5) is 0 Å². The van der Waals surface area contributed by atoms with E-state index in [1.165, 1.54) is 37.3 Å². The molecule has 0 amide bonds. The van der Waals surface area contributed by atoms with Gasteiger partial charge in [0, 0.05) is 24.4 Å². The first-order valence-electron chi connectivity index (χ1n) is 4.93. The van der Waals surface area contributed by atoms with Gasteiger partial charge in [-0.2, -0.15) is 11.8 Å². The minimum atomic E-state index is 0.448. The normalized spacial score (nSPS) is 38.8. The molecule has 0 unspecified atom stereocenters. The Morgan fingerprint density at radius 1 is 1.33 bits per heavy atom. The summed E-state index contributed by atoms with van der Waals surface area (Å²) in [5.74, 6) is 2.70. The van der Waals surface area contributed by atoms with Gasteiger partial charge in [-0.3, -0.25) is 4.90 Å². The zero-order valence-corrected chi connectivity index (χ0v) is 8.35. The predicted molar refractivity (Wildman–Crippen MR) is 54.5 cm³/mol. The maximum Gasteiger partial charge on any atom is 0.0194 e. The average Bonchev–Trinajstić information content (AvgIpc) is 2.56. The first-order valence-corrected chi connectivity index (χ1v) is 6.09. The Bertz CT molecular complexity index is 145. The van der Waals surface area contributed by atoms with Crippen molar-refractivity contribution >= 4 is 11.8 Å². The first kappa shape index (κ1) is 8.85. The van der Waals surface area contributed by atoms with Crippen molar-refractivity contribution in [1.82, 2.24) is 4.90 Å². The number of thioether (sulfide) groups is 1. The standard InChI is InChI=1S/C9H18N2S/c10-8-2-1-4-11(6-8)9-3-5-12-7-9/h8-9H,1-7,10H2/t8-,9+/m1/s1. The van der Waals surface area contributed by atoms with Gasteiger partial charge in [0.2, 0.25) is 0 Å². The zero-order valence-electron chi connectivity index (χ0n) is 7.54. The Balaban J connectivity index is 1.85. The highest BCUT2D eigenvalue weighted by Gasteiger charge is 2.26. The Hall–Kier alpha value is 0.270. The summed E-state index contributed by atoms with van der Waals surface area (Å²) in [6.07, 6.45) is 3.93. The summed E-state index contributed by atoms with van der Waals surface area (Å²) < 4.78 is 0. The predicted octanol–water partition coefficient (Wildman–Crippen LogP) is 0.915. The molecule has 3 heteroatoms. The van der Waals surface area contributed by atoms with Crippen LogP contribution in [0.2, 0.25) is 0 Å². The summed E-state index contributed by atoms with van der Waals surface area (Å²) in [6.45, 7) is 2.43. The summed E-state index contributed by atoms with van der Waals surface area (Å²) in [5, 5.41) is 0. The van der Waals surface area contributed by atoms with E-state index in [9.17, 15) is 0 Å². The molecule has 70 valence electrons. The van der Waals surface area contributed by atoms with Crippen LogP contribution in [0.1, 0.15) is 19.3 Å². The molecular weight excluding hydrogens is 168 g/mol. The Morgan fingerprint density at radius 3 is 2.92 bits per heavy atom. The fourth-order valence-electron chi connectivity index (χ4n) is 2.18. The summed E-state index contributed by atoms with van der Waals surface area (Å²) >= 11 is 2.09. The van der Waals surface area contributed by atoms with Gasteiger partial charge in [0.1, 0.15) is 0 Å². The highest BCUT2D eigenvalue weighted by Crippen LogP contribution is 2.24. The second-order valence-electron chi connectivity index (χ2n) is 3.91. The molecule has 2 nitrogen and oxygen atoms in total. The second kappa shape index (κ2) is 3.99. The number of nitrogens with two attached hydrogens (primary N) is 1. The molecule has 0 saturated carbocycles. The van der Waals surface area contributed by atoms with E-state index in [1.54, 1.807) is 0 Å². The van der Waals surface area contributed by atoms with Gasteiger partial charge in [-0.25, -0.2) is 0 Å². The highest BCUT2D eigenvalue weighted by molar-refractivity contribution is 7.99. The number of nitrogens with zero attached hydrogens (tertiary/aromatic N) is 1. The third kappa shape index (κ3) is 1.95. The van der Waals surface area contributed by atoms with Crippen LogP contribution in [-0.4, -0.2) is 41.6 Å². The van der Waals surface area contributed by atoms with Gasteiger partial charge in [-0.1, -0.05) is 0 Å². The van der Waals surface area contributed by atoms with Crippen LogP contribution in [0.5, 0.6) is 0 Å². The van der Waals surface area contributed by atoms with Crippen molar-refractivity contribution in [2.24, 2.45) is 5.73 Å². The lowest BCUT2D eigenvalue weighted by Gasteiger charge is -2.34. The second-order valence-corrected chi connectivity index (χ2v) is 5.06. The van der Waals surface area contributed by atoms with Crippen LogP contribution in [-0.2, 0) is 0 Å². The molecule has 2 rings (SSSR count). The van der Waals surface area contributed by atoms with Crippen molar-refractivity contribution in [3.8, 4) is 0 Å². The average molecular weight is 186 g/mol. The van der Waals surface area contributed by atoms with E-state index in [2.05, 4.69) is 16.7 Å². The molecule has 12 heavy (non-hydrogen) atoms. The molecule has 2 saturated heterocycles. The molecule has 0 aromatic rings. The van der Waals surface area contributed by atoms with E-state index in [-0.39, 0.29) is 0 Å². The topological polar surface area (TPSA) is 29.3 Å². The lowest BCUT2D eigenvalue weighted by Crippen LogP contribution is -2.47. The smallest absolute Gasteiger partial charge is 0.0194 e. The number of piperidine rings is 1. The molecule has 0 bridgehead atoms. The minimum Gasteiger partial charge on any atom is -0.327 e. The van der Waals surface area contributed by atoms with Crippen LogP contribution in [0.25, 0.3) is 0 Å². The maximum atomic E-state index is 5.94. The Labute approximate surface area is 78.9 Å². The summed E-state index contributed by atoms with van der Waals surface area (Å²) in [5.41, 5.74) is 5.94. The number of hydrogen-bond donors (Lipinski definition) is 1. The van der Waals surface area contributed by atoms with Crippen LogP contribution in [0.15, 0.2) is 0 Å². The van der Waals surface area contributed by atoms with E-state index in [0.717, 1.165) is 12.6 Å². The molecule has 0 aromatic heterocycles. The molecule has 2 fully saturated rings. The Morgan fingerprint density at radius 2 is 2.25 bits per heavy atom. The first-order chi connectivity index (χ1) is 5.86. The van der Waals surface area contributed by atoms with Crippen LogP contribution in [0, 0.1) is 0 Å². The van der Waals surface area contributed by atoms with Crippen LogP contribution in [0.3, 0.4) is 0 Å². The quantitative estimate of drug-likeness (QED) is 0.660. The summed E-state index contributed by atoms with van der Waals surface area (Å²) in [6, 6.07) is 1.30. The van der Waals surface area contributed by atoms with Crippen LogP contribution < -0.4 is 5.73 Å². The van der Waals surface area contributed by atoms with Crippen molar-refractivity contribution in [2.45, 2.75) is 31.3 Å². The summed E-state index contributed by atoms with van der Waals surface area (Å²) in [7, 11) is 0. The third-order valence-corrected chi connectivity index (χ3v) is 4.06. The van der Waals surface area contributed by atoms with Crippen molar-refractivity contribution in [2.75, 3.05) is 24.6 Å². The lowest BCUT2D eigenvalue weighted by molar-refractivity contribution is 0.162. The Kier molecular flexibility index (Phi) is 2.94.